The molecule has 14 rings (SSSR count). The van der Waals surface area contributed by atoms with E-state index < -0.39 is 0 Å². The van der Waals surface area contributed by atoms with Crippen LogP contribution in [0.5, 0.6) is 0 Å². The van der Waals surface area contributed by atoms with Crippen molar-refractivity contribution < 1.29 is 4.42 Å². The lowest BCUT2D eigenvalue weighted by atomic mass is 9.81. The Balaban J connectivity index is 0.953. The molecule has 0 bridgehead atoms. The van der Waals surface area contributed by atoms with Crippen molar-refractivity contribution in [1.29, 1.82) is 0 Å². The minimum absolute atomic E-state index is 0.906. The first-order valence-electron chi connectivity index (χ1n) is 23.8. The molecule has 0 spiro atoms. The molecule has 69 heavy (non-hydrogen) atoms. The molecule has 0 amide bonds. The third-order valence-corrected chi connectivity index (χ3v) is 14.4. The van der Waals surface area contributed by atoms with E-state index in [0.717, 1.165) is 21.9 Å². The third-order valence-electron chi connectivity index (χ3n) is 14.4. The van der Waals surface area contributed by atoms with E-state index >= 15 is 0 Å². The monoisotopic (exact) mass is 874 g/mol. The second-order valence-corrected chi connectivity index (χ2v) is 18.2. The summed E-state index contributed by atoms with van der Waals surface area (Å²) in [5.74, 6) is 0. The molecule has 1 aromatic heterocycles. The van der Waals surface area contributed by atoms with E-state index in [9.17, 15) is 0 Å². The average Bonchev–Trinajstić information content (AvgIpc) is 3.80. The largest absolute Gasteiger partial charge is 0.456 e. The summed E-state index contributed by atoms with van der Waals surface area (Å²) in [5.41, 5.74) is 16.4. The lowest BCUT2D eigenvalue weighted by Crippen LogP contribution is -1.95. The Labute approximate surface area is 399 Å². The summed E-state index contributed by atoms with van der Waals surface area (Å²) in [6.45, 7) is 0. The van der Waals surface area contributed by atoms with E-state index in [0.29, 0.717) is 0 Å². The van der Waals surface area contributed by atoms with Crippen molar-refractivity contribution in [2.45, 2.75) is 0 Å². The van der Waals surface area contributed by atoms with Gasteiger partial charge in [-0.3, -0.25) is 0 Å². The van der Waals surface area contributed by atoms with Crippen LogP contribution < -0.4 is 0 Å². The quantitative estimate of drug-likeness (QED) is 0.120. The fourth-order valence-electron chi connectivity index (χ4n) is 11.4. The molecule has 0 saturated heterocycles. The summed E-state index contributed by atoms with van der Waals surface area (Å²) < 4.78 is 6.26. The maximum atomic E-state index is 6.26. The number of hydrogen-bond donors (Lipinski definition) is 0. The molecule has 320 valence electrons. The first kappa shape index (κ1) is 39.2. The van der Waals surface area contributed by atoms with Crippen LogP contribution in [0.15, 0.2) is 259 Å². The number of fused-ring (bicyclic) bond motifs is 9. The maximum Gasteiger partial charge on any atom is 0.135 e. The van der Waals surface area contributed by atoms with Gasteiger partial charge in [0.15, 0.2) is 0 Å². The van der Waals surface area contributed by atoms with E-state index in [1.54, 1.807) is 0 Å². The summed E-state index contributed by atoms with van der Waals surface area (Å²) in [6, 6.07) is 93.5. The van der Waals surface area contributed by atoms with Crippen molar-refractivity contribution in [3.05, 3.63) is 255 Å². The van der Waals surface area contributed by atoms with Gasteiger partial charge in [-0.1, -0.05) is 224 Å². The standard InChI is InChI=1S/C68H42O/c1-3-18-43(19-4-1)64-50-37-34-46(40-47(50)35-38-60(64)68-55-28-10-8-25-52(55)51-24-7-9-27-54(51)67(68)44-20-5-2-6-21-44)45-22-17-23-48(41-45)65-56-29-11-13-31-58(56)66(59-32-14-12-30-57(59)65)49-36-39-63-61(42-49)53-26-15-16-33-62(53)69-63/h1-42H. The Morgan fingerprint density at radius 1 is 0.188 bits per heavy atom. The molecular formula is C68H42O. The zero-order valence-corrected chi connectivity index (χ0v) is 37.7. The molecule has 0 aliphatic carbocycles. The molecule has 0 radical (unpaired) electrons. The highest BCUT2D eigenvalue weighted by atomic mass is 16.3. The van der Waals surface area contributed by atoms with E-state index in [4.69, 9.17) is 4.42 Å². The lowest BCUT2D eigenvalue weighted by Gasteiger charge is -2.22. The fourth-order valence-corrected chi connectivity index (χ4v) is 11.4. The van der Waals surface area contributed by atoms with Gasteiger partial charge in [0.2, 0.25) is 0 Å². The first-order chi connectivity index (χ1) is 34.2. The third kappa shape index (κ3) is 6.25. The van der Waals surface area contributed by atoms with Crippen molar-refractivity contribution in [3.8, 4) is 66.8 Å². The molecule has 0 aliphatic heterocycles. The molecule has 1 heteroatoms. The van der Waals surface area contributed by atoms with Crippen LogP contribution in [-0.2, 0) is 0 Å². The minimum Gasteiger partial charge on any atom is -0.456 e. The number of para-hydroxylation sites is 1. The van der Waals surface area contributed by atoms with E-state index in [1.807, 2.05) is 6.07 Å². The molecule has 0 fully saturated rings. The van der Waals surface area contributed by atoms with Crippen LogP contribution in [0.1, 0.15) is 0 Å². The highest BCUT2D eigenvalue weighted by Gasteiger charge is 2.23. The molecule has 0 saturated carbocycles. The fraction of sp³-hybridized carbons (Fsp3) is 0. The van der Waals surface area contributed by atoms with Gasteiger partial charge in [0.05, 0.1) is 0 Å². The Hall–Kier alpha value is -9.04. The molecule has 0 aliphatic rings. The van der Waals surface area contributed by atoms with E-state index in [-0.39, 0.29) is 0 Å². The van der Waals surface area contributed by atoms with Crippen LogP contribution >= 0.6 is 0 Å². The van der Waals surface area contributed by atoms with Crippen LogP contribution in [0.2, 0.25) is 0 Å². The zero-order chi connectivity index (χ0) is 45.4. The average molecular weight is 875 g/mol. The van der Waals surface area contributed by atoms with Gasteiger partial charge in [0.1, 0.15) is 11.2 Å². The van der Waals surface area contributed by atoms with E-state index in [1.165, 1.54) is 121 Å². The molecule has 0 atom stereocenters. The molecule has 0 unspecified atom stereocenters. The van der Waals surface area contributed by atoms with Crippen molar-refractivity contribution >= 4 is 75.8 Å². The lowest BCUT2D eigenvalue weighted by molar-refractivity contribution is 0.669. The number of benzene rings is 13. The predicted octanol–water partition coefficient (Wildman–Crippen LogP) is 19.4. The predicted molar refractivity (Wildman–Crippen MR) is 294 cm³/mol. The summed E-state index contributed by atoms with van der Waals surface area (Å²) in [5, 5.41) is 14.7. The van der Waals surface area contributed by atoms with Crippen molar-refractivity contribution in [1.82, 2.24) is 0 Å². The second kappa shape index (κ2) is 15.8. The zero-order valence-electron chi connectivity index (χ0n) is 37.7. The molecule has 1 heterocycles. The summed E-state index contributed by atoms with van der Waals surface area (Å²) >= 11 is 0. The van der Waals surface area contributed by atoms with Gasteiger partial charge < -0.3 is 4.42 Å². The van der Waals surface area contributed by atoms with Crippen molar-refractivity contribution in [2.75, 3.05) is 0 Å². The minimum atomic E-state index is 0.906. The van der Waals surface area contributed by atoms with E-state index in [2.05, 4.69) is 249 Å². The highest BCUT2D eigenvalue weighted by Crippen LogP contribution is 2.50. The van der Waals surface area contributed by atoms with Crippen LogP contribution in [-0.4, -0.2) is 0 Å². The van der Waals surface area contributed by atoms with Gasteiger partial charge in [-0.2, -0.15) is 0 Å². The topological polar surface area (TPSA) is 13.1 Å². The Morgan fingerprint density at radius 3 is 1.25 bits per heavy atom. The molecule has 14 aromatic rings. The van der Waals surface area contributed by atoms with Crippen LogP contribution in [0, 0.1) is 0 Å². The Morgan fingerprint density at radius 2 is 0.623 bits per heavy atom. The summed E-state index contributed by atoms with van der Waals surface area (Å²) in [6.07, 6.45) is 0. The number of rotatable bonds is 6. The van der Waals surface area contributed by atoms with Crippen LogP contribution in [0.4, 0.5) is 0 Å². The summed E-state index contributed by atoms with van der Waals surface area (Å²) in [4.78, 5) is 0. The smallest absolute Gasteiger partial charge is 0.135 e. The van der Waals surface area contributed by atoms with Gasteiger partial charge in [-0.05, 0) is 151 Å². The van der Waals surface area contributed by atoms with Gasteiger partial charge in [-0.25, -0.2) is 0 Å². The Bertz CT molecular complexity index is 4290. The first-order valence-corrected chi connectivity index (χ1v) is 23.8. The second-order valence-electron chi connectivity index (χ2n) is 18.2. The van der Waals surface area contributed by atoms with Gasteiger partial charge in [-0.15, -0.1) is 0 Å². The van der Waals surface area contributed by atoms with Gasteiger partial charge in [0, 0.05) is 10.8 Å². The van der Waals surface area contributed by atoms with Crippen LogP contribution in [0.25, 0.3) is 143 Å². The molecule has 13 aromatic carbocycles. The van der Waals surface area contributed by atoms with Crippen molar-refractivity contribution in [3.63, 3.8) is 0 Å². The number of furan rings is 1. The van der Waals surface area contributed by atoms with Crippen molar-refractivity contribution in [2.24, 2.45) is 0 Å². The van der Waals surface area contributed by atoms with Gasteiger partial charge in [0.25, 0.3) is 0 Å². The Kier molecular flexibility index (Phi) is 8.97. The normalized spacial score (nSPS) is 11.8. The van der Waals surface area contributed by atoms with Crippen LogP contribution in [0.3, 0.4) is 0 Å². The summed E-state index contributed by atoms with van der Waals surface area (Å²) in [7, 11) is 0. The molecule has 0 N–H and O–H groups in total. The number of hydrogen-bond acceptors (Lipinski definition) is 1. The van der Waals surface area contributed by atoms with Gasteiger partial charge >= 0.3 is 0 Å². The molecular weight excluding hydrogens is 833 g/mol. The molecule has 1 nitrogen and oxygen atoms in total. The SMILES string of the molecule is c1ccc(-c2c(-c3c(-c4ccccc4)c4ccccc4c4ccccc34)ccc3cc(-c4cccc(-c5c6ccccc6c(-c6ccc7oc8ccccc8c7c6)c6ccccc56)c4)ccc23)cc1. The maximum absolute atomic E-state index is 6.26. The highest BCUT2D eigenvalue weighted by molar-refractivity contribution is 6.25.